The van der Waals surface area contributed by atoms with E-state index in [1.807, 2.05) is 54.6 Å². The Hall–Kier alpha value is -2.55. The number of para-hydroxylation sites is 1. The van der Waals surface area contributed by atoms with E-state index in [1.165, 1.54) is 0 Å². The molecule has 0 spiro atoms. The van der Waals surface area contributed by atoms with Gasteiger partial charge in [-0.05, 0) is 30.2 Å². The molecule has 3 heteroatoms. The van der Waals surface area contributed by atoms with Gasteiger partial charge in [0, 0.05) is 12.2 Å². The van der Waals surface area contributed by atoms with Crippen LogP contribution < -0.4 is 5.32 Å². The summed E-state index contributed by atoms with van der Waals surface area (Å²) in [5, 5.41) is 12.6. The summed E-state index contributed by atoms with van der Waals surface area (Å²) in [6.45, 7) is 4.41. The molecule has 3 nitrogen and oxygen atoms in total. The first-order chi connectivity index (χ1) is 10.2. The third kappa shape index (κ3) is 4.49. The van der Waals surface area contributed by atoms with Crippen LogP contribution >= 0.6 is 0 Å². The third-order valence-electron chi connectivity index (χ3n) is 3.10. The molecule has 2 aromatic rings. The van der Waals surface area contributed by atoms with Gasteiger partial charge in [0.1, 0.15) is 0 Å². The maximum Gasteiger partial charge on any atom is 0.314 e. The van der Waals surface area contributed by atoms with Gasteiger partial charge in [-0.3, -0.25) is 4.79 Å². The second-order valence-corrected chi connectivity index (χ2v) is 4.74. The number of aliphatic carboxylic acids is 1. The third-order valence-corrected chi connectivity index (χ3v) is 3.10. The van der Waals surface area contributed by atoms with Crippen molar-refractivity contribution in [2.75, 3.05) is 11.9 Å². The van der Waals surface area contributed by atoms with E-state index in [4.69, 9.17) is 0 Å². The summed E-state index contributed by atoms with van der Waals surface area (Å²) in [7, 11) is 0. The highest BCUT2D eigenvalue weighted by Gasteiger charge is 2.15. The standard InChI is InChI=1S/C18H18NO2/c1-14-7-5-8-15(13-14)17(18(20)21)11-6-12-19-16-9-3-2-4-10-16/h2-11,13,17,19H,1,12H2,(H,20,21). The number of carbonyl (C=O) groups is 1. The van der Waals surface area contributed by atoms with Crippen LogP contribution in [0, 0.1) is 6.92 Å². The van der Waals surface area contributed by atoms with E-state index in [-0.39, 0.29) is 0 Å². The number of rotatable bonds is 6. The number of hydrogen-bond acceptors (Lipinski definition) is 2. The van der Waals surface area contributed by atoms with E-state index in [0.29, 0.717) is 6.54 Å². The maximum absolute atomic E-state index is 11.4. The molecular formula is C18H18NO2. The van der Waals surface area contributed by atoms with Crippen LogP contribution in [-0.4, -0.2) is 17.6 Å². The number of benzene rings is 2. The van der Waals surface area contributed by atoms with Crippen molar-refractivity contribution in [2.45, 2.75) is 5.92 Å². The summed E-state index contributed by atoms with van der Waals surface area (Å²) in [6.07, 6.45) is 3.54. The number of nitrogens with one attached hydrogen (secondary N) is 1. The average Bonchev–Trinajstić information content (AvgIpc) is 2.48. The normalized spacial score (nSPS) is 12.2. The van der Waals surface area contributed by atoms with Gasteiger partial charge in [0.25, 0.3) is 0 Å². The quantitative estimate of drug-likeness (QED) is 0.793. The Morgan fingerprint density at radius 1 is 1.19 bits per heavy atom. The zero-order valence-corrected chi connectivity index (χ0v) is 11.7. The van der Waals surface area contributed by atoms with Crippen molar-refractivity contribution in [3.63, 3.8) is 0 Å². The molecular weight excluding hydrogens is 262 g/mol. The van der Waals surface area contributed by atoms with E-state index in [9.17, 15) is 9.90 Å². The van der Waals surface area contributed by atoms with Gasteiger partial charge >= 0.3 is 5.97 Å². The lowest BCUT2D eigenvalue weighted by Gasteiger charge is -2.09. The second kappa shape index (κ2) is 7.29. The molecule has 1 atom stereocenters. The zero-order valence-electron chi connectivity index (χ0n) is 11.7. The number of anilines is 1. The summed E-state index contributed by atoms with van der Waals surface area (Å²) in [5.74, 6) is -1.51. The fraction of sp³-hybridized carbons (Fsp3) is 0.111. The average molecular weight is 280 g/mol. The van der Waals surface area contributed by atoms with E-state index in [2.05, 4.69) is 12.2 Å². The molecule has 1 unspecified atom stereocenters. The summed E-state index contributed by atoms with van der Waals surface area (Å²) in [6, 6.07) is 17.1. The van der Waals surface area contributed by atoms with Crippen LogP contribution in [0.3, 0.4) is 0 Å². The molecule has 0 heterocycles. The molecule has 0 saturated carbocycles. The van der Waals surface area contributed by atoms with Crippen molar-refractivity contribution in [1.82, 2.24) is 0 Å². The monoisotopic (exact) mass is 280 g/mol. The minimum absolute atomic E-state index is 0.581. The Morgan fingerprint density at radius 3 is 2.62 bits per heavy atom. The first-order valence-electron chi connectivity index (χ1n) is 6.77. The topological polar surface area (TPSA) is 49.3 Å². The van der Waals surface area contributed by atoms with E-state index in [1.54, 1.807) is 12.1 Å². The molecule has 0 aromatic heterocycles. The lowest BCUT2D eigenvalue weighted by atomic mass is 9.97. The predicted octanol–water partition coefficient (Wildman–Crippen LogP) is 3.71. The number of carboxylic acids is 1. The van der Waals surface area contributed by atoms with Crippen molar-refractivity contribution >= 4 is 11.7 Å². The lowest BCUT2D eigenvalue weighted by Crippen LogP contribution is -2.10. The number of hydrogen-bond donors (Lipinski definition) is 2. The van der Waals surface area contributed by atoms with Crippen LogP contribution in [0.4, 0.5) is 5.69 Å². The van der Waals surface area contributed by atoms with Crippen molar-refractivity contribution in [3.8, 4) is 0 Å². The van der Waals surface area contributed by atoms with Crippen molar-refractivity contribution in [3.05, 3.63) is 84.8 Å². The van der Waals surface area contributed by atoms with Gasteiger partial charge in [0.2, 0.25) is 0 Å². The fourth-order valence-corrected chi connectivity index (χ4v) is 2.06. The van der Waals surface area contributed by atoms with Crippen LogP contribution in [0.15, 0.2) is 66.7 Å². The largest absolute Gasteiger partial charge is 0.481 e. The minimum Gasteiger partial charge on any atom is -0.481 e. The second-order valence-electron chi connectivity index (χ2n) is 4.74. The highest BCUT2D eigenvalue weighted by molar-refractivity contribution is 5.78. The van der Waals surface area contributed by atoms with Gasteiger partial charge in [-0.1, -0.05) is 54.6 Å². The molecule has 2 N–H and O–H groups in total. The smallest absolute Gasteiger partial charge is 0.314 e. The fourth-order valence-electron chi connectivity index (χ4n) is 2.06. The van der Waals surface area contributed by atoms with Crippen molar-refractivity contribution < 1.29 is 9.90 Å². The van der Waals surface area contributed by atoms with Crippen molar-refractivity contribution in [1.29, 1.82) is 0 Å². The highest BCUT2D eigenvalue weighted by Crippen LogP contribution is 2.19. The summed E-state index contributed by atoms with van der Waals surface area (Å²) in [5.41, 5.74) is 2.56. The molecule has 2 aromatic carbocycles. The maximum atomic E-state index is 11.4. The first kappa shape index (κ1) is 14.9. The summed E-state index contributed by atoms with van der Waals surface area (Å²) in [4.78, 5) is 11.4. The predicted molar refractivity (Wildman–Crippen MR) is 85.3 cm³/mol. The van der Waals surface area contributed by atoms with Crippen LogP contribution in [-0.2, 0) is 4.79 Å². The SMILES string of the molecule is [CH2]c1cccc(C(C=CCNc2ccccc2)C(=O)O)c1. The summed E-state index contributed by atoms with van der Waals surface area (Å²) >= 11 is 0. The van der Waals surface area contributed by atoms with Gasteiger partial charge in [-0.2, -0.15) is 0 Å². The Labute approximate surface area is 124 Å². The van der Waals surface area contributed by atoms with Crippen LogP contribution in [0.5, 0.6) is 0 Å². The minimum atomic E-state index is -0.864. The lowest BCUT2D eigenvalue weighted by molar-refractivity contribution is -0.137. The highest BCUT2D eigenvalue weighted by atomic mass is 16.4. The van der Waals surface area contributed by atoms with E-state index in [0.717, 1.165) is 16.8 Å². The molecule has 2 rings (SSSR count). The van der Waals surface area contributed by atoms with Crippen LogP contribution in [0.1, 0.15) is 17.0 Å². The summed E-state index contributed by atoms with van der Waals surface area (Å²) < 4.78 is 0. The van der Waals surface area contributed by atoms with E-state index < -0.39 is 11.9 Å². The molecule has 0 aliphatic heterocycles. The first-order valence-corrected chi connectivity index (χ1v) is 6.77. The van der Waals surface area contributed by atoms with Crippen molar-refractivity contribution in [2.24, 2.45) is 0 Å². The van der Waals surface area contributed by atoms with Crippen LogP contribution in [0.2, 0.25) is 0 Å². The van der Waals surface area contributed by atoms with Gasteiger partial charge in [-0.15, -0.1) is 0 Å². The molecule has 0 aliphatic carbocycles. The molecule has 0 saturated heterocycles. The van der Waals surface area contributed by atoms with E-state index >= 15 is 0 Å². The van der Waals surface area contributed by atoms with Gasteiger partial charge in [0.05, 0.1) is 5.92 Å². The Bertz CT molecular complexity index is 620. The van der Waals surface area contributed by atoms with Crippen LogP contribution in [0.25, 0.3) is 0 Å². The zero-order chi connectivity index (χ0) is 15.1. The molecule has 0 amide bonds. The Morgan fingerprint density at radius 2 is 1.95 bits per heavy atom. The number of carboxylic acid groups (broad SMARTS) is 1. The molecule has 1 radical (unpaired) electrons. The molecule has 0 bridgehead atoms. The molecule has 0 fully saturated rings. The van der Waals surface area contributed by atoms with Gasteiger partial charge in [-0.25, -0.2) is 0 Å². The van der Waals surface area contributed by atoms with Gasteiger partial charge < -0.3 is 10.4 Å². The Balaban J connectivity index is 2.00. The Kier molecular flexibility index (Phi) is 5.16. The molecule has 107 valence electrons. The molecule has 21 heavy (non-hydrogen) atoms. The molecule has 0 aliphatic rings. The van der Waals surface area contributed by atoms with Gasteiger partial charge in [0.15, 0.2) is 0 Å².